The van der Waals surface area contributed by atoms with Crippen LogP contribution in [0.1, 0.15) is 31.0 Å². The average Bonchev–Trinajstić information content (AvgIpc) is 2.55. The number of carbonyl (C=O) groups excluding carboxylic acids is 1. The molecule has 0 aliphatic heterocycles. The maximum atomic E-state index is 12.1. The maximum absolute atomic E-state index is 12.1. The number of ether oxygens (including phenoxy) is 1. The van der Waals surface area contributed by atoms with Gasteiger partial charge in [-0.1, -0.05) is 41.4 Å². The van der Waals surface area contributed by atoms with Crippen LogP contribution in [0.3, 0.4) is 0 Å². The minimum atomic E-state index is -0.192. The average molecular weight is 364 g/mol. The Morgan fingerprint density at radius 2 is 1.92 bits per heavy atom. The molecule has 1 atom stereocenters. The molecule has 0 saturated carbocycles. The van der Waals surface area contributed by atoms with Crippen LogP contribution < -0.4 is 10.1 Å². The van der Waals surface area contributed by atoms with E-state index in [1.807, 2.05) is 38.1 Å². The number of carbonyl (C=O) groups is 1. The van der Waals surface area contributed by atoms with Crippen molar-refractivity contribution in [1.82, 2.24) is 5.32 Å². The van der Waals surface area contributed by atoms with Gasteiger partial charge in [-0.05, 0) is 55.3 Å². The number of hydrogen-bond acceptors (Lipinski definition) is 2. The largest absolute Gasteiger partial charge is 0.494 e. The second kappa shape index (κ2) is 8.76. The third-order valence-corrected chi connectivity index (χ3v) is 3.99. The van der Waals surface area contributed by atoms with Crippen LogP contribution in [0.2, 0.25) is 10.0 Å². The molecule has 3 nitrogen and oxygen atoms in total. The van der Waals surface area contributed by atoms with Crippen molar-refractivity contribution in [3.8, 4) is 5.75 Å². The number of amides is 1. The molecule has 0 bridgehead atoms. The smallest absolute Gasteiger partial charge is 0.244 e. The molecule has 0 fully saturated rings. The van der Waals surface area contributed by atoms with Gasteiger partial charge in [0.25, 0.3) is 0 Å². The Balaban J connectivity index is 1.96. The molecule has 1 N–H and O–H groups in total. The molecule has 0 heterocycles. The summed E-state index contributed by atoms with van der Waals surface area (Å²) >= 11 is 11.9. The van der Waals surface area contributed by atoms with Crippen molar-refractivity contribution >= 4 is 35.2 Å². The molecule has 2 aromatic carbocycles. The molecule has 0 spiro atoms. The van der Waals surface area contributed by atoms with Crippen molar-refractivity contribution in [3.05, 3.63) is 69.7 Å². The summed E-state index contributed by atoms with van der Waals surface area (Å²) in [6, 6.07) is 12.7. The molecule has 0 aliphatic rings. The second-order valence-corrected chi connectivity index (χ2v) is 6.08. The van der Waals surface area contributed by atoms with Gasteiger partial charge in [0, 0.05) is 16.1 Å². The fourth-order valence-electron chi connectivity index (χ4n) is 2.17. The molecule has 2 aromatic rings. The van der Waals surface area contributed by atoms with Crippen molar-refractivity contribution in [3.63, 3.8) is 0 Å². The summed E-state index contributed by atoms with van der Waals surface area (Å²) in [4.78, 5) is 12.1. The molecule has 24 heavy (non-hydrogen) atoms. The van der Waals surface area contributed by atoms with Crippen LogP contribution in [0.25, 0.3) is 6.08 Å². The fraction of sp³-hybridized carbons (Fsp3) is 0.211. The highest BCUT2D eigenvalue weighted by Gasteiger charge is 2.08. The molecule has 2 rings (SSSR count). The zero-order valence-electron chi connectivity index (χ0n) is 13.6. The molecule has 0 aromatic heterocycles. The first-order valence-electron chi connectivity index (χ1n) is 7.66. The summed E-state index contributed by atoms with van der Waals surface area (Å²) in [6.45, 7) is 4.50. The van der Waals surface area contributed by atoms with Gasteiger partial charge in [0.15, 0.2) is 0 Å². The minimum Gasteiger partial charge on any atom is -0.494 e. The number of hydrogen-bond donors (Lipinski definition) is 1. The Morgan fingerprint density at radius 3 is 2.54 bits per heavy atom. The standard InChI is InChI=1S/C19H19Cl2NO2/c1-3-24-17-9-5-14(6-10-17)13(2)22-19(23)11-7-15-4-8-16(20)12-18(15)21/h4-13H,3H2,1-2H3,(H,22,23)/b11-7+. The summed E-state index contributed by atoms with van der Waals surface area (Å²) < 4.78 is 5.41. The van der Waals surface area contributed by atoms with Crippen molar-refractivity contribution < 1.29 is 9.53 Å². The number of nitrogens with one attached hydrogen (secondary N) is 1. The van der Waals surface area contributed by atoms with E-state index >= 15 is 0 Å². The second-order valence-electron chi connectivity index (χ2n) is 5.23. The Bertz CT molecular complexity index is 727. The lowest BCUT2D eigenvalue weighted by Crippen LogP contribution is -2.24. The summed E-state index contributed by atoms with van der Waals surface area (Å²) in [5.74, 6) is 0.624. The minimum absolute atomic E-state index is 0.112. The normalized spacial score (nSPS) is 12.2. The lowest BCUT2D eigenvalue weighted by atomic mass is 10.1. The van der Waals surface area contributed by atoms with Crippen molar-refractivity contribution in [1.29, 1.82) is 0 Å². The van der Waals surface area contributed by atoms with Gasteiger partial charge < -0.3 is 10.1 Å². The topological polar surface area (TPSA) is 38.3 Å². The first-order valence-corrected chi connectivity index (χ1v) is 8.41. The van der Waals surface area contributed by atoms with Crippen molar-refractivity contribution in [2.24, 2.45) is 0 Å². The number of halogens is 2. The predicted molar refractivity (Wildman–Crippen MR) is 99.7 cm³/mol. The van der Waals surface area contributed by atoms with Crippen molar-refractivity contribution in [2.75, 3.05) is 6.61 Å². The van der Waals surface area contributed by atoms with Crippen LogP contribution in [0, 0.1) is 0 Å². The van der Waals surface area contributed by atoms with Crippen molar-refractivity contribution in [2.45, 2.75) is 19.9 Å². The van der Waals surface area contributed by atoms with Gasteiger partial charge >= 0.3 is 0 Å². The van der Waals surface area contributed by atoms with Crippen LogP contribution in [0.5, 0.6) is 5.75 Å². The zero-order chi connectivity index (χ0) is 17.5. The quantitative estimate of drug-likeness (QED) is 0.708. The lowest BCUT2D eigenvalue weighted by Gasteiger charge is -2.13. The summed E-state index contributed by atoms with van der Waals surface area (Å²) in [6.07, 6.45) is 3.12. The van der Waals surface area contributed by atoms with Crippen LogP contribution in [-0.4, -0.2) is 12.5 Å². The van der Waals surface area contributed by atoms with E-state index < -0.39 is 0 Å². The molecule has 5 heteroatoms. The maximum Gasteiger partial charge on any atom is 0.244 e. The lowest BCUT2D eigenvalue weighted by molar-refractivity contribution is -0.117. The SMILES string of the molecule is CCOc1ccc(C(C)NC(=O)/C=C/c2ccc(Cl)cc2Cl)cc1. The molecule has 0 saturated heterocycles. The van der Waals surface area contributed by atoms with E-state index in [9.17, 15) is 4.79 Å². The highest BCUT2D eigenvalue weighted by molar-refractivity contribution is 6.35. The van der Waals surface area contributed by atoms with Gasteiger partial charge in [-0.15, -0.1) is 0 Å². The van der Waals surface area contributed by atoms with Crippen LogP contribution in [0.4, 0.5) is 0 Å². The van der Waals surface area contributed by atoms with Gasteiger partial charge in [0.2, 0.25) is 5.91 Å². The fourth-order valence-corrected chi connectivity index (χ4v) is 2.64. The van der Waals surface area contributed by atoms with Gasteiger partial charge in [-0.25, -0.2) is 0 Å². The Morgan fingerprint density at radius 1 is 1.21 bits per heavy atom. The highest BCUT2D eigenvalue weighted by Crippen LogP contribution is 2.22. The third-order valence-electron chi connectivity index (χ3n) is 3.43. The predicted octanol–water partition coefficient (Wildman–Crippen LogP) is 5.28. The van der Waals surface area contributed by atoms with E-state index in [1.165, 1.54) is 6.08 Å². The molecule has 0 radical (unpaired) electrons. The number of rotatable bonds is 6. The monoisotopic (exact) mass is 363 g/mol. The van der Waals surface area contributed by atoms with Crippen LogP contribution >= 0.6 is 23.2 Å². The summed E-state index contributed by atoms with van der Waals surface area (Å²) in [7, 11) is 0. The zero-order valence-corrected chi connectivity index (χ0v) is 15.1. The highest BCUT2D eigenvalue weighted by atomic mass is 35.5. The Kier molecular flexibility index (Phi) is 6.71. The van der Waals surface area contributed by atoms with E-state index in [2.05, 4.69) is 5.32 Å². The first kappa shape index (κ1) is 18.4. The number of benzene rings is 2. The van der Waals surface area contributed by atoms with Crippen LogP contribution in [-0.2, 0) is 4.79 Å². The summed E-state index contributed by atoms with van der Waals surface area (Å²) in [5.41, 5.74) is 1.75. The van der Waals surface area contributed by atoms with Gasteiger partial charge in [-0.3, -0.25) is 4.79 Å². The van der Waals surface area contributed by atoms with E-state index in [1.54, 1.807) is 24.3 Å². The van der Waals surface area contributed by atoms with Gasteiger partial charge in [0.1, 0.15) is 5.75 Å². The molecule has 1 amide bonds. The molecular formula is C19H19Cl2NO2. The van der Waals surface area contributed by atoms with Gasteiger partial charge in [0.05, 0.1) is 12.6 Å². The Hall–Kier alpha value is -1.97. The first-order chi connectivity index (χ1) is 11.5. The Labute approximate surface area is 152 Å². The summed E-state index contributed by atoms with van der Waals surface area (Å²) in [5, 5.41) is 3.98. The molecule has 0 aliphatic carbocycles. The van der Waals surface area contributed by atoms with E-state index in [0.717, 1.165) is 16.9 Å². The van der Waals surface area contributed by atoms with Crippen LogP contribution in [0.15, 0.2) is 48.5 Å². The molecule has 1 unspecified atom stereocenters. The van der Waals surface area contributed by atoms with E-state index in [4.69, 9.17) is 27.9 Å². The molecular weight excluding hydrogens is 345 g/mol. The van der Waals surface area contributed by atoms with Gasteiger partial charge in [-0.2, -0.15) is 0 Å². The molecule has 126 valence electrons. The third kappa shape index (κ3) is 5.29. The van der Waals surface area contributed by atoms with E-state index in [-0.39, 0.29) is 11.9 Å². The van der Waals surface area contributed by atoms with E-state index in [0.29, 0.717) is 16.7 Å².